The molecule has 0 aliphatic heterocycles. The first kappa shape index (κ1) is 27.6. The van der Waals surface area contributed by atoms with E-state index in [1.54, 1.807) is 12.1 Å². The minimum atomic E-state index is -3.35. The number of benzene rings is 2. The van der Waals surface area contributed by atoms with Crippen LogP contribution >= 0.6 is 0 Å². The standard InChI is InChI=1S/C28H37N5O2S/c1-18(2)25-12-22(23-15-30-20(5)31-16-23)13-26(19(3)4)27(25)14-28(34)32-36(29,35)24-10-8-21(9-11-24)17-33(6)7/h8-13,15-16,18-19H,14,17H2,1-7H3,(H2,29,32,34,35). The predicted molar refractivity (Wildman–Crippen MR) is 146 cm³/mol. The van der Waals surface area contributed by atoms with E-state index < -0.39 is 15.8 Å². The maximum Gasteiger partial charge on any atom is 0.259 e. The Labute approximate surface area is 215 Å². The quantitative estimate of drug-likeness (QED) is 0.450. The number of amides is 1. The van der Waals surface area contributed by atoms with Gasteiger partial charge >= 0.3 is 0 Å². The van der Waals surface area contributed by atoms with Crippen LogP contribution < -0.4 is 5.14 Å². The lowest BCUT2D eigenvalue weighted by atomic mass is 9.84. The molecular formula is C28H37N5O2S. The number of nitrogens with zero attached hydrogens (tertiary/aromatic N) is 4. The van der Waals surface area contributed by atoms with Gasteiger partial charge in [-0.15, -0.1) is 4.36 Å². The van der Waals surface area contributed by atoms with Gasteiger partial charge in [-0.25, -0.2) is 19.3 Å². The summed E-state index contributed by atoms with van der Waals surface area (Å²) in [6.07, 6.45) is 3.68. The van der Waals surface area contributed by atoms with Gasteiger partial charge in [0.05, 0.1) is 11.3 Å². The Bertz CT molecular complexity index is 1310. The summed E-state index contributed by atoms with van der Waals surface area (Å²) >= 11 is 0. The van der Waals surface area contributed by atoms with Crippen molar-refractivity contribution in [1.29, 1.82) is 0 Å². The molecule has 192 valence electrons. The molecule has 0 aliphatic carbocycles. The Morgan fingerprint density at radius 2 is 1.50 bits per heavy atom. The fourth-order valence-corrected chi connectivity index (χ4v) is 5.20. The zero-order valence-electron chi connectivity index (χ0n) is 22.3. The molecule has 3 rings (SSSR count). The van der Waals surface area contributed by atoms with Gasteiger partial charge in [0.2, 0.25) is 0 Å². The van der Waals surface area contributed by atoms with E-state index in [1.165, 1.54) is 0 Å². The Morgan fingerprint density at radius 1 is 0.972 bits per heavy atom. The first-order valence-electron chi connectivity index (χ1n) is 12.1. The Hall–Kier alpha value is -2.94. The third-order valence-electron chi connectivity index (χ3n) is 6.00. The van der Waals surface area contributed by atoms with Crippen molar-refractivity contribution in [3.63, 3.8) is 0 Å². The van der Waals surface area contributed by atoms with Crippen LogP contribution in [0.5, 0.6) is 0 Å². The molecule has 8 heteroatoms. The van der Waals surface area contributed by atoms with Crippen LogP contribution in [-0.2, 0) is 27.7 Å². The number of carbonyl (C=O) groups excluding carboxylic acids is 1. The maximum absolute atomic E-state index is 13.2. The lowest BCUT2D eigenvalue weighted by Gasteiger charge is -2.21. The summed E-state index contributed by atoms with van der Waals surface area (Å²) in [5, 5.41) is 6.07. The third-order valence-corrected chi connectivity index (χ3v) is 7.42. The Balaban J connectivity index is 1.99. The summed E-state index contributed by atoms with van der Waals surface area (Å²) in [4.78, 5) is 24.2. The normalized spacial score (nSPS) is 13.3. The molecule has 1 aromatic heterocycles. The fraction of sp³-hybridized carbons (Fsp3) is 0.393. The van der Waals surface area contributed by atoms with Crippen molar-refractivity contribution in [1.82, 2.24) is 14.9 Å². The van der Waals surface area contributed by atoms with Crippen molar-refractivity contribution in [2.45, 2.75) is 64.3 Å². The molecule has 3 aromatic rings. The van der Waals surface area contributed by atoms with E-state index in [4.69, 9.17) is 5.14 Å². The second kappa shape index (κ2) is 11.4. The average Bonchev–Trinajstić information content (AvgIpc) is 2.79. The van der Waals surface area contributed by atoms with Crippen LogP contribution in [0.25, 0.3) is 11.1 Å². The van der Waals surface area contributed by atoms with Crippen LogP contribution in [0.2, 0.25) is 0 Å². The van der Waals surface area contributed by atoms with Gasteiger partial charge in [-0.05, 0) is 72.8 Å². The number of nitrogens with two attached hydrogens (primary N) is 1. The molecule has 2 aromatic carbocycles. The summed E-state index contributed by atoms with van der Waals surface area (Å²) in [6, 6.07) is 11.3. The van der Waals surface area contributed by atoms with Crippen LogP contribution in [0.1, 0.15) is 67.6 Å². The average molecular weight is 508 g/mol. The molecule has 0 saturated carbocycles. The van der Waals surface area contributed by atoms with Crippen molar-refractivity contribution in [2.24, 2.45) is 9.50 Å². The van der Waals surface area contributed by atoms with Crippen molar-refractivity contribution in [2.75, 3.05) is 14.1 Å². The van der Waals surface area contributed by atoms with E-state index in [-0.39, 0.29) is 18.3 Å². The van der Waals surface area contributed by atoms with Crippen LogP contribution in [0.3, 0.4) is 0 Å². The zero-order valence-corrected chi connectivity index (χ0v) is 23.1. The van der Waals surface area contributed by atoms with E-state index in [2.05, 4.69) is 54.2 Å². The lowest BCUT2D eigenvalue weighted by Crippen LogP contribution is -2.17. The van der Waals surface area contributed by atoms with Crippen molar-refractivity contribution in [3.05, 3.63) is 76.9 Å². The monoisotopic (exact) mass is 507 g/mol. The molecule has 1 atom stereocenters. The Morgan fingerprint density at radius 3 is 1.97 bits per heavy atom. The summed E-state index contributed by atoms with van der Waals surface area (Å²) < 4.78 is 17.2. The molecule has 0 bridgehead atoms. The van der Waals surface area contributed by atoms with Crippen LogP contribution in [0.15, 0.2) is 58.1 Å². The SMILES string of the molecule is Cc1ncc(-c2cc(C(C)C)c(CC(=O)N=S(N)(=O)c3ccc(CN(C)C)cc3)c(C(C)C)c2)cn1. The van der Waals surface area contributed by atoms with Gasteiger partial charge in [0.1, 0.15) is 15.7 Å². The number of hydrogen-bond donors (Lipinski definition) is 1. The van der Waals surface area contributed by atoms with Crippen LogP contribution in [0, 0.1) is 6.92 Å². The van der Waals surface area contributed by atoms with Gasteiger partial charge < -0.3 is 4.90 Å². The van der Waals surface area contributed by atoms with Crippen molar-refractivity contribution < 1.29 is 9.00 Å². The molecule has 0 aliphatic rings. The van der Waals surface area contributed by atoms with E-state index in [0.717, 1.165) is 39.9 Å². The number of carbonyl (C=O) groups is 1. The van der Waals surface area contributed by atoms with Crippen LogP contribution in [-0.4, -0.2) is 39.1 Å². The van der Waals surface area contributed by atoms with Gasteiger partial charge in [0.25, 0.3) is 5.91 Å². The number of hydrogen-bond acceptors (Lipinski definition) is 5. The highest BCUT2D eigenvalue weighted by Gasteiger charge is 2.20. The molecule has 1 heterocycles. The first-order chi connectivity index (χ1) is 16.9. The van der Waals surface area contributed by atoms with Gasteiger partial charge in [0, 0.05) is 24.5 Å². The summed E-state index contributed by atoms with van der Waals surface area (Å²) in [5.74, 6) is 0.565. The molecule has 0 spiro atoms. The number of aromatic nitrogens is 2. The molecule has 2 N–H and O–H groups in total. The second-order valence-corrected chi connectivity index (χ2v) is 11.9. The minimum Gasteiger partial charge on any atom is -0.305 e. The van der Waals surface area contributed by atoms with E-state index >= 15 is 0 Å². The second-order valence-electron chi connectivity index (χ2n) is 10.1. The molecule has 36 heavy (non-hydrogen) atoms. The molecule has 0 fully saturated rings. The summed E-state index contributed by atoms with van der Waals surface area (Å²) in [6.45, 7) is 11.0. The molecule has 1 unspecified atom stereocenters. The first-order valence-corrected chi connectivity index (χ1v) is 13.7. The van der Waals surface area contributed by atoms with Gasteiger partial charge in [0.15, 0.2) is 0 Å². The van der Waals surface area contributed by atoms with Gasteiger partial charge in [-0.2, -0.15) is 0 Å². The highest BCUT2D eigenvalue weighted by molar-refractivity contribution is 7.91. The molecule has 7 nitrogen and oxygen atoms in total. The van der Waals surface area contributed by atoms with Gasteiger partial charge in [-0.1, -0.05) is 52.0 Å². The number of rotatable bonds is 8. The summed E-state index contributed by atoms with van der Waals surface area (Å²) in [5.41, 5.74) is 6.02. The lowest BCUT2D eigenvalue weighted by molar-refractivity contribution is -0.117. The predicted octanol–water partition coefficient (Wildman–Crippen LogP) is 5.23. The molecular weight excluding hydrogens is 470 g/mol. The maximum atomic E-state index is 13.2. The van der Waals surface area contributed by atoms with Gasteiger partial charge in [-0.3, -0.25) is 4.79 Å². The van der Waals surface area contributed by atoms with Crippen molar-refractivity contribution in [3.8, 4) is 11.1 Å². The fourth-order valence-electron chi connectivity index (χ4n) is 4.20. The summed E-state index contributed by atoms with van der Waals surface area (Å²) in [7, 11) is 0.605. The minimum absolute atomic E-state index is 0.0403. The molecule has 1 amide bonds. The molecule has 0 saturated heterocycles. The van der Waals surface area contributed by atoms with E-state index in [0.29, 0.717) is 10.7 Å². The topological polar surface area (TPSA) is 102 Å². The third kappa shape index (κ3) is 6.84. The zero-order chi connectivity index (χ0) is 26.6. The Kier molecular flexibility index (Phi) is 8.76. The largest absolute Gasteiger partial charge is 0.305 e. The highest BCUT2D eigenvalue weighted by atomic mass is 32.2. The highest BCUT2D eigenvalue weighted by Crippen LogP contribution is 2.34. The van der Waals surface area contributed by atoms with E-state index in [9.17, 15) is 9.00 Å². The molecule has 0 radical (unpaired) electrons. The smallest absolute Gasteiger partial charge is 0.259 e. The number of aryl methyl sites for hydroxylation is 1. The van der Waals surface area contributed by atoms with Crippen LogP contribution in [0.4, 0.5) is 0 Å². The van der Waals surface area contributed by atoms with E-state index in [1.807, 2.05) is 50.4 Å². The van der Waals surface area contributed by atoms with Crippen molar-refractivity contribution >= 4 is 15.8 Å².